The monoisotopic (exact) mass is 412 g/mol. The first kappa shape index (κ1) is 17.1. The van der Waals surface area contributed by atoms with Gasteiger partial charge in [-0.2, -0.15) is 0 Å². The van der Waals surface area contributed by atoms with Crippen LogP contribution in [0.25, 0.3) is 10.9 Å². The maximum Gasteiger partial charge on any atom is 0.189 e. The normalized spacial score (nSPS) is 16.0. The summed E-state index contributed by atoms with van der Waals surface area (Å²) in [6.07, 6.45) is 5.02. The number of guanidine groups is 1. The number of hydrogen-bond donors (Lipinski definition) is 2. The number of nitrogens with two attached hydrogens (primary N) is 1. The third kappa shape index (κ3) is 3.39. The summed E-state index contributed by atoms with van der Waals surface area (Å²) in [5.41, 5.74) is 9.80. The molecule has 3 N–H and O–H groups in total. The summed E-state index contributed by atoms with van der Waals surface area (Å²) < 4.78 is 2.22. The fourth-order valence-electron chi connectivity index (χ4n) is 3.35. The van der Waals surface area contributed by atoms with Gasteiger partial charge < -0.3 is 15.6 Å². The smallest absolute Gasteiger partial charge is 0.189 e. The highest BCUT2D eigenvalue weighted by atomic mass is 127. The van der Waals surface area contributed by atoms with Gasteiger partial charge in [-0.1, -0.05) is 31.0 Å². The van der Waals surface area contributed by atoms with E-state index in [-0.39, 0.29) is 24.0 Å². The van der Waals surface area contributed by atoms with Crippen LogP contribution in [0.1, 0.15) is 36.9 Å². The van der Waals surface area contributed by atoms with Crippen LogP contribution < -0.4 is 11.1 Å². The van der Waals surface area contributed by atoms with Gasteiger partial charge in [0.1, 0.15) is 0 Å². The molecule has 1 aliphatic carbocycles. The van der Waals surface area contributed by atoms with Crippen molar-refractivity contribution in [3.63, 3.8) is 0 Å². The van der Waals surface area contributed by atoms with Gasteiger partial charge in [0.2, 0.25) is 0 Å². The van der Waals surface area contributed by atoms with Gasteiger partial charge in [-0.15, -0.1) is 24.0 Å². The van der Waals surface area contributed by atoms with E-state index in [0.717, 1.165) is 0 Å². The minimum atomic E-state index is 0. The molecule has 4 nitrogen and oxygen atoms in total. The molecule has 0 saturated heterocycles. The van der Waals surface area contributed by atoms with Gasteiger partial charge in [0.05, 0.1) is 6.54 Å². The lowest BCUT2D eigenvalue weighted by Crippen LogP contribution is -2.38. The number of hydrogen-bond acceptors (Lipinski definition) is 1. The first-order valence-electron chi connectivity index (χ1n) is 7.76. The molecule has 0 bridgehead atoms. The van der Waals surface area contributed by atoms with E-state index in [9.17, 15) is 0 Å². The summed E-state index contributed by atoms with van der Waals surface area (Å²) in [7, 11) is 2.10. The molecule has 3 rings (SSSR count). The molecule has 120 valence electrons. The van der Waals surface area contributed by atoms with Crippen LogP contribution in [-0.4, -0.2) is 16.6 Å². The quantitative estimate of drug-likeness (QED) is 0.461. The lowest BCUT2D eigenvalue weighted by atomic mass is 10.1. The third-order valence-electron chi connectivity index (χ3n) is 4.61. The molecular formula is C17H25IN4. The van der Waals surface area contributed by atoms with Crippen molar-refractivity contribution in [2.24, 2.45) is 17.8 Å². The van der Waals surface area contributed by atoms with E-state index in [1.54, 1.807) is 0 Å². The Bertz CT molecular complexity index is 630. The fraction of sp³-hybridized carbons (Fsp3) is 0.471. The molecule has 1 aromatic carbocycles. The van der Waals surface area contributed by atoms with Crippen molar-refractivity contribution >= 4 is 40.8 Å². The topological polar surface area (TPSA) is 55.3 Å². The van der Waals surface area contributed by atoms with E-state index in [1.165, 1.54) is 47.8 Å². The van der Waals surface area contributed by atoms with Gasteiger partial charge in [0.25, 0.3) is 0 Å². The Morgan fingerprint density at radius 3 is 2.68 bits per heavy atom. The summed E-state index contributed by atoms with van der Waals surface area (Å²) in [6.45, 7) is 2.79. The predicted molar refractivity (Wildman–Crippen MR) is 104 cm³/mol. The average molecular weight is 412 g/mol. The molecule has 2 aromatic rings. The van der Waals surface area contributed by atoms with Crippen molar-refractivity contribution in [2.75, 3.05) is 0 Å². The second-order valence-corrected chi connectivity index (χ2v) is 5.98. The average Bonchev–Trinajstić information content (AvgIpc) is 3.07. The molecule has 1 heterocycles. The number of halogens is 1. The van der Waals surface area contributed by atoms with Gasteiger partial charge in [0.15, 0.2) is 5.96 Å². The number of nitrogens with one attached hydrogen (secondary N) is 1. The molecule has 22 heavy (non-hydrogen) atoms. The largest absolute Gasteiger partial charge is 0.370 e. The molecule has 1 aromatic heterocycles. The molecule has 5 heteroatoms. The molecule has 0 atom stereocenters. The summed E-state index contributed by atoms with van der Waals surface area (Å²) in [5.74, 6) is 0.576. The highest BCUT2D eigenvalue weighted by molar-refractivity contribution is 14.0. The van der Waals surface area contributed by atoms with Crippen LogP contribution >= 0.6 is 24.0 Å². The van der Waals surface area contributed by atoms with Gasteiger partial charge in [-0.3, -0.25) is 0 Å². The molecule has 0 radical (unpaired) electrons. The van der Waals surface area contributed by atoms with E-state index in [2.05, 4.69) is 53.1 Å². The number of benzene rings is 1. The van der Waals surface area contributed by atoms with Crippen LogP contribution in [0.3, 0.4) is 0 Å². The molecule has 0 aliphatic heterocycles. The summed E-state index contributed by atoms with van der Waals surface area (Å²) >= 11 is 0. The second-order valence-electron chi connectivity index (χ2n) is 5.98. The molecule has 0 unspecified atom stereocenters. The van der Waals surface area contributed by atoms with Crippen molar-refractivity contribution in [3.05, 3.63) is 35.5 Å². The number of para-hydroxylation sites is 1. The summed E-state index contributed by atoms with van der Waals surface area (Å²) in [5, 5.41) is 4.64. The Labute approximate surface area is 149 Å². The van der Waals surface area contributed by atoms with Crippen molar-refractivity contribution < 1.29 is 0 Å². The highest BCUT2D eigenvalue weighted by Gasteiger charge is 2.15. The number of nitrogens with zero attached hydrogens (tertiary/aromatic N) is 2. The first-order chi connectivity index (χ1) is 10.2. The van der Waals surface area contributed by atoms with E-state index >= 15 is 0 Å². The van der Waals surface area contributed by atoms with Crippen LogP contribution in [0.2, 0.25) is 0 Å². The zero-order valence-corrected chi connectivity index (χ0v) is 15.6. The number of aromatic nitrogens is 1. The Morgan fingerprint density at radius 1 is 1.32 bits per heavy atom. The second kappa shape index (κ2) is 7.35. The van der Waals surface area contributed by atoms with Crippen LogP contribution in [-0.2, 0) is 13.6 Å². The lowest BCUT2D eigenvalue weighted by Gasteiger charge is -2.12. The molecule has 1 fully saturated rings. The van der Waals surface area contributed by atoms with E-state index in [1.807, 2.05) is 0 Å². The minimum absolute atomic E-state index is 0. The lowest BCUT2D eigenvalue weighted by molar-refractivity contribution is 0.624. The highest BCUT2D eigenvalue weighted by Crippen LogP contribution is 2.24. The van der Waals surface area contributed by atoms with Crippen molar-refractivity contribution in [1.29, 1.82) is 0 Å². The van der Waals surface area contributed by atoms with Crippen molar-refractivity contribution in [2.45, 2.75) is 45.2 Å². The van der Waals surface area contributed by atoms with Crippen LogP contribution in [0.4, 0.5) is 0 Å². The molecular weight excluding hydrogens is 387 g/mol. The maximum atomic E-state index is 6.03. The number of aryl methyl sites for hydroxylation is 2. The predicted octanol–water partition coefficient (Wildman–Crippen LogP) is 3.45. The van der Waals surface area contributed by atoms with E-state index in [0.29, 0.717) is 18.5 Å². The fourth-order valence-corrected chi connectivity index (χ4v) is 3.35. The third-order valence-corrected chi connectivity index (χ3v) is 4.61. The van der Waals surface area contributed by atoms with Crippen molar-refractivity contribution in [3.8, 4) is 0 Å². The Hall–Kier alpha value is -1.24. The zero-order chi connectivity index (χ0) is 14.8. The van der Waals surface area contributed by atoms with Gasteiger partial charge >= 0.3 is 0 Å². The maximum absolute atomic E-state index is 6.03. The van der Waals surface area contributed by atoms with Gasteiger partial charge in [0, 0.05) is 29.7 Å². The van der Waals surface area contributed by atoms with Crippen LogP contribution in [0, 0.1) is 6.92 Å². The van der Waals surface area contributed by atoms with Gasteiger partial charge in [-0.25, -0.2) is 4.99 Å². The number of rotatable bonds is 3. The number of aliphatic imine (C=N–C) groups is 1. The first-order valence-corrected chi connectivity index (χ1v) is 7.76. The van der Waals surface area contributed by atoms with Crippen molar-refractivity contribution in [1.82, 2.24) is 9.88 Å². The Balaban J connectivity index is 0.00000176. The SMILES string of the molecule is Cc1c(CN=C(N)NC2CCCC2)n(C)c2ccccc12.I. The Morgan fingerprint density at radius 2 is 2.00 bits per heavy atom. The molecule has 1 aliphatic rings. The molecule has 0 amide bonds. The van der Waals surface area contributed by atoms with E-state index < -0.39 is 0 Å². The summed E-state index contributed by atoms with van der Waals surface area (Å²) in [6, 6.07) is 8.99. The van der Waals surface area contributed by atoms with E-state index in [4.69, 9.17) is 5.73 Å². The standard InChI is InChI=1S/C17H24N4.HI/c1-12-14-9-5-6-10-15(14)21(2)16(12)11-19-17(18)20-13-7-3-4-8-13;/h5-6,9-10,13H,3-4,7-8,11H2,1-2H3,(H3,18,19,20);1H. The Kier molecular flexibility index (Phi) is 5.72. The van der Waals surface area contributed by atoms with Gasteiger partial charge in [-0.05, 0) is 31.4 Å². The van der Waals surface area contributed by atoms with Crippen LogP contribution in [0.15, 0.2) is 29.3 Å². The van der Waals surface area contributed by atoms with Crippen LogP contribution in [0.5, 0.6) is 0 Å². The minimum Gasteiger partial charge on any atom is -0.370 e. The zero-order valence-electron chi connectivity index (χ0n) is 13.3. The molecule has 0 spiro atoms. The number of fused-ring (bicyclic) bond motifs is 1. The molecule has 1 saturated carbocycles. The summed E-state index contributed by atoms with van der Waals surface area (Å²) in [4.78, 5) is 4.54.